The molecule has 4 aromatic rings. The van der Waals surface area contributed by atoms with Gasteiger partial charge in [0.25, 0.3) is 0 Å². The Balaban J connectivity index is 1.43. The van der Waals surface area contributed by atoms with Crippen molar-refractivity contribution in [2.45, 2.75) is 18.5 Å². The monoisotopic (exact) mass is 408 g/mol. The van der Waals surface area contributed by atoms with Crippen LogP contribution in [-0.2, 0) is 11.3 Å². The fourth-order valence-electron chi connectivity index (χ4n) is 2.68. The van der Waals surface area contributed by atoms with E-state index in [4.69, 9.17) is 0 Å². The molecule has 0 atom stereocenters. The van der Waals surface area contributed by atoms with E-state index in [-0.39, 0.29) is 17.5 Å². The lowest BCUT2D eigenvalue weighted by molar-refractivity contribution is -0.118. The van der Waals surface area contributed by atoms with Crippen LogP contribution in [0.25, 0.3) is 16.9 Å². The Morgan fingerprint density at radius 3 is 2.62 bits per heavy atom. The Kier molecular flexibility index (Phi) is 5.48. The fraction of sp³-hybridized carbons (Fsp3) is 0.150. The van der Waals surface area contributed by atoms with Crippen molar-refractivity contribution in [1.82, 2.24) is 30.3 Å². The Labute approximate surface area is 170 Å². The largest absolute Gasteiger partial charge is 0.351 e. The molecule has 2 heterocycles. The third kappa shape index (κ3) is 4.40. The number of amides is 1. The predicted molar refractivity (Wildman–Crippen MR) is 108 cm³/mol. The molecule has 0 aliphatic rings. The highest BCUT2D eigenvalue weighted by Crippen LogP contribution is 2.24. The smallest absolute Gasteiger partial charge is 0.230 e. The Morgan fingerprint density at radius 2 is 1.86 bits per heavy atom. The van der Waals surface area contributed by atoms with Gasteiger partial charge >= 0.3 is 0 Å². The van der Waals surface area contributed by atoms with Gasteiger partial charge in [0, 0.05) is 6.54 Å². The summed E-state index contributed by atoms with van der Waals surface area (Å²) in [5.41, 5.74) is 3.96. The molecule has 1 amide bonds. The summed E-state index contributed by atoms with van der Waals surface area (Å²) in [5.74, 6) is -0.288. The molecule has 0 aliphatic heterocycles. The van der Waals surface area contributed by atoms with E-state index in [0.717, 1.165) is 16.8 Å². The molecule has 0 saturated carbocycles. The van der Waals surface area contributed by atoms with Crippen molar-refractivity contribution in [3.8, 4) is 5.69 Å². The number of nitrogens with one attached hydrogen (secondary N) is 1. The number of fused-ring (bicyclic) bond motifs is 1. The van der Waals surface area contributed by atoms with Crippen LogP contribution in [0.3, 0.4) is 0 Å². The van der Waals surface area contributed by atoms with Crippen LogP contribution in [0.4, 0.5) is 4.39 Å². The molecular weight excluding hydrogens is 391 g/mol. The lowest BCUT2D eigenvalue weighted by Crippen LogP contribution is -2.24. The van der Waals surface area contributed by atoms with Crippen LogP contribution in [0, 0.1) is 12.7 Å². The Morgan fingerprint density at radius 1 is 1.10 bits per heavy atom. The molecule has 0 unspecified atom stereocenters. The standard InChI is InChI=1S/C20H17FN6OS/c1-13-2-8-16(9-3-13)27-19-18(25-26-27)20(24-12-23-19)29-11-17(28)22-10-14-4-6-15(21)7-5-14/h2-9,12H,10-11H2,1H3,(H,22,28). The van der Waals surface area contributed by atoms with Crippen molar-refractivity contribution in [3.05, 3.63) is 71.8 Å². The number of carbonyl (C=O) groups excluding carboxylic acids is 1. The first-order valence-electron chi connectivity index (χ1n) is 8.87. The lowest BCUT2D eigenvalue weighted by atomic mass is 10.2. The van der Waals surface area contributed by atoms with Crippen molar-refractivity contribution in [2.24, 2.45) is 0 Å². The normalized spacial score (nSPS) is 11.0. The number of thioether (sulfide) groups is 1. The van der Waals surface area contributed by atoms with E-state index in [1.807, 2.05) is 31.2 Å². The topological polar surface area (TPSA) is 85.6 Å². The zero-order valence-corrected chi connectivity index (χ0v) is 16.4. The number of rotatable bonds is 6. The number of aromatic nitrogens is 5. The number of carbonyl (C=O) groups is 1. The lowest BCUT2D eigenvalue weighted by Gasteiger charge is -2.05. The van der Waals surface area contributed by atoms with Crippen molar-refractivity contribution >= 4 is 28.8 Å². The van der Waals surface area contributed by atoms with Crippen molar-refractivity contribution in [1.29, 1.82) is 0 Å². The highest BCUT2D eigenvalue weighted by molar-refractivity contribution is 8.00. The fourth-order valence-corrected chi connectivity index (χ4v) is 3.44. The van der Waals surface area contributed by atoms with Gasteiger partial charge in [-0.2, -0.15) is 4.68 Å². The van der Waals surface area contributed by atoms with E-state index in [1.54, 1.807) is 16.8 Å². The zero-order chi connectivity index (χ0) is 20.2. The number of benzene rings is 2. The van der Waals surface area contributed by atoms with Gasteiger partial charge in [0.1, 0.15) is 17.2 Å². The van der Waals surface area contributed by atoms with Crippen molar-refractivity contribution < 1.29 is 9.18 Å². The minimum Gasteiger partial charge on any atom is -0.351 e. The van der Waals surface area contributed by atoms with Crippen LogP contribution < -0.4 is 5.32 Å². The van der Waals surface area contributed by atoms with Gasteiger partial charge in [-0.05, 0) is 36.8 Å². The third-order valence-electron chi connectivity index (χ3n) is 4.23. The van der Waals surface area contributed by atoms with Gasteiger partial charge in [0.05, 0.1) is 11.4 Å². The molecule has 0 aliphatic carbocycles. The number of hydrogen-bond donors (Lipinski definition) is 1. The number of nitrogens with zero attached hydrogens (tertiary/aromatic N) is 5. The van der Waals surface area contributed by atoms with Crippen LogP contribution in [0.5, 0.6) is 0 Å². The maximum atomic E-state index is 12.9. The molecule has 4 rings (SSSR count). The van der Waals surface area contributed by atoms with E-state index < -0.39 is 0 Å². The maximum Gasteiger partial charge on any atom is 0.230 e. The quantitative estimate of drug-likeness (QED) is 0.390. The second kappa shape index (κ2) is 8.36. The molecular formula is C20H17FN6OS. The molecule has 0 radical (unpaired) electrons. The molecule has 0 saturated heterocycles. The third-order valence-corrected chi connectivity index (χ3v) is 5.20. The number of halogens is 1. The van der Waals surface area contributed by atoms with Gasteiger partial charge < -0.3 is 5.32 Å². The van der Waals surface area contributed by atoms with Gasteiger partial charge in [-0.1, -0.05) is 46.8 Å². The molecule has 0 fully saturated rings. The summed E-state index contributed by atoms with van der Waals surface area (Å²) in [5, 5.41) is 11.8. The number of aryl methyl sites for hydroxylation is 1. The van der Waals surface area contributed by atoms with Gasteiger partial charge in [-0.25, -0.2) is 14.4 Å². The molecule has 7 nitrogen and oxygen atoms in total. The van der Waals surface area contributed by atoms with Crippen LogP contribution in [-0.4, -0.2) is 36.6 Å². The molecule has 2 aromatic heterocycles. The Bertz CT molecular complexity index is 1140. The first-order valence-corrected chi connectivity index (χ1v) is 9.86. The molecule has 2 aromatic carbocycles. The van der Waals surface area contributed by atoms with Crippen LogP contribution in [0.2, 0.25) is 0 Å². The second-order valence-corrected chi connectivity index (χ2v) is 7.34. The minimum absolute atomic E-state index is 0.156. The van der Waals surface area contributed by atoms with E-state index in [9.17, 15) is 9.18 Å². The van der Waals surface area contributed by atoms with Crippen molar-refractivity contribution in [2.75, 3.05) is 5.75 Å². The summed E-state index contributed by atoms with van der Waals surface area (Å²) in [6.07, 6.45) is 1.44. The molecule has 146 valence electrons. The average Bonchev–Trinajstić information content (AvgIpc) is 3.17. The SMILES string of the molecule is Cc1ccc(-n2nnc3c(SCC(=O)NCc4ccc(F)cc4)ncnc32)cc1. The van der Waals surface area contributed by atoms with Crippen LogP contribution >= 0.6 is 11.8 Å². The van der Waals surface area contributed by atoms with Gasteiger partial charge in [-0.3, -0.25) is 4.79 Å². The molecule has 0 spiro atoms. The minimum atomic E-state index is -0.304. The first-order chi connectivity index (χ1) is 14.1. The molecule has 9 heteroatoms. The van der Waals surface area contributed by atoms with Gasteiger partial charge in [0.2, 0.25) is 5.91 Å². The van der Waals surface area contributed by atoms with E-state index in [1.165, 1.54) is 30.2 Å². The average molecular weight is 408 g/mol. The predicted octanol–water partition coefficient (Wildman–Crippen LogP) is 3.07. The van der Waals surface area contributed by atoms with Gasteiger partial charge in [-0.15, -0.1) is 5.10 Å². The maximum absolute atomic E-state index is 12.9. The molecule has 29 heavy (non-hydrogen) atoms. The zero-order valence-electron chi connectivity index (χ0n) is 15.5. The summed E-state index contributed by atoms with van der Waals surface area (Å²) >= 11 is 1.27. The van der Waals surface area contributed by atoms with E-state index in [0.29, 0.717) is 22.7 Å². The van der Waals surface area contributed by atoms with Crippen molar-refractivity contribution in [3.63, 3.8) is 0 Å². The van der Waals surface area contributed by atoms with Crippen LogP contribution in [0.15, 0.2) is 59.9 Å². The second-order valence-electron chi connectivity index (χ2n) is 6.38. The molecule has 1 N–H and O–H groups in total. The summed E-state index contributed by atoms with van der Waals surface area (Å²) in [4.78, 5) is 20.7. The molecule has 0 bridgehead atoms. The number of hydrogen-bond acceptors (Lipinski definition) is 6. The van der Waals surface area contributed by atoms with E-state index >= 15 is 0 Å². The highest BCUT2D eigenvalue weighted by atomic mass is 32.2. The summed E-state index contributed by atoms with van der Waals surface area (Å²) in [6.45, 7) is 2.35. The van der Waals surface area contributed by atoms with Gasteiger partial charge in [0.15, 0.2) is 11.2 Å². The first kappa shape index (κ1) is 19.0. The highest BCUT2D eigenvalue weighted by Gasteiger charge is 2.14. The summed E-state index contributed by atoms with van der Waals surface area (Å²) < 4.78 is 14.6. The summed E-state index contributed by atoms with van der Waals surface area (Å²) in [7, 11) is 0. The van der Waals surface area contributed by atoms with Crippen LogP contribution in [0.1, 0.15) is 11.1 Å². The van der Waals surface area contributed by atoms with E-state index in [2.05, 4.69) is 25.6 Å². The summed E-state index contributed by atoms with van der Waals surface area (Å²) in [6, 6.07) is 13.9. The Hall–Kier alpha value is -3.33.